The van der Waals surface area contributed by atoms with Crippen LogP contribution in [-0.4, -0.2) is 475 Å². The van der Waals surface area contributed by atoms with Gasteiger partial charge >= 0.3 is 11.9 Å². The lowest BCUT2D eigenvalue weighted by Gasteiger charge is -2.71. The second-order valence-corrected chi connectivity index (χ2v) is 41.9. The van der Waals surface area contributed by atoms with E-state index in [2.05, 4.69) is 40.7 Å². The van der Waals surface area contributed by atoms with Gasteiger partial charge in [0.1, 0.15) is 189 Å². The Hall–Kier alpha value is -4.44. The van der Waals surface area contributed by atoms with E-state index in [1.807, 2.05) is 6.92 Å². The zero-order chi connectivity index (χ0) is 102. The molecule has 9 aliphatic heterocycles. The number of fused-ring (bicyclic) bond motifs is 7. The highest BCUT2D eigenvalue weighted by Crippen LogP contribution is 2.76. The molecule has 0 bridgehead atoms. The standard InChI is InChI=1S/C92H142O48/c1-34-52(101)59(108)65(114)79(125-34)135-71-44(28-95)129-77(68(117)62(71)111)123-31-46-56(105)61(110)67(116)82(132-46)140-86(120)92-22-20-87(3,4)25-38(92)37-12-14-49-88(5)18-17-50(89(6,33-97)48(88)16-19-91(49,8)90(37,7)21-23-92)133-84-75(54(103)40(99)30-122-84)139-83-70(119)73(53(102)35(2)126-83)137-78-64(113)57(106)47(32-124-78)131-80-69(118)63(112)72(45(29-96)130-80)136-85-76(134-51(100)15-11-36-10-13-41(121-9)39(98)24-36)74(58(107)43(27-94)128-85)138-81-66(115)60(109)55(104)42(26-93)127-81/h10-13,15,24,34-35,38,40,42-50,52-85,93-99,101-119H,14,16-23,25-33H2,1-9H3/b15-11+/t34-,35-,38-,40+,42+,43+,44+,45+,46+,47+,48+,49+,50-,52-,53-,54-,55+,56+,57+,58+,59+,60-,61-,62+,63+,64+,65+,66+,67+,68+,69+,70+,71+,72+,73+,74-,75+,76+,77+,78-,79-,80-,81-,82-,83-,84-,85-,88-,89-,90+,91+,92-/m0/s1. The van der Waals surface area contributed by atoms with Crippen molar-refractivity contribution in [1.29, 1.82) is 0 Å². The molecule has 48 heteroatoms. The number of methoxy groups -OCH3 is 1. The Balaban J connectivity index is 0.576. The highest BCUT2D eigenvalue weighted by Gasteiger charge is 2.72. The molecule has 15 rings (SSSR count). The van der Waals surface area contributed by atoms with Gasteiger partial charge in [-0.3, -0.25) is 4.79 Å². The molecule has 140 heavy (non-hydrogen) atoms. The minimum atomic E-state index is -2.23. The maximum Gasteiger partial charge on any atom is 0.331 e. The molecule has 48 nitrogen and oxygen atoms in total. The van der Waals surface area contributed by atoms with Crippen molar-refractivity contribution in [2.45, 2.75) is 390 Å². The van der Waals surface area contributed by atoms with Crippen LogP contribution in [0.3, 0.4) is 0 Å². The summed E-state index contributed by atoms with van der Waals surface area (Å²) in [7, 11) is 1.31. The van der Waals surface area contributed by atoms with Crippen molar-refractivity contribution in [3.63, 3.8) is 0 Å². The quantitative estimate of drug-likeness (QED) is 0.0160. The lowest BCUT2D eigenvalue weighted by atomic mass is 9.33. The van der Waals surface area contributed by atoms with Gasteiger partial charge in [0, 0.05) is 11.5 Å². The summed E-state index contributed by atoms with van der Waals surface area (Å²) in [6, 6.07) is 4.06. The van der Waals surface area contributed by atoms with Gasteiger partial charge in [0.2, 0.25) is 6.29 Å². The fourth-order valence-corrected chi connectivity index (χ4v) is 24.4. The predicted octanol–water partition coefficient (Wildman–Crippen LogP) is -8.63. The van der Waals surface area contributed by atoms with Gasteiger partial charge in [0.15, 0.2) is 67.9 Å². The summed E-state index contributed by atoms with van der Waals surface area (Å²) in [4.78, 5) is 29.3. The van der Waals surface area contributed by atoms with E-state index in [1.165, 1.54) is 45.2 Å². The van der Waals surface area contributed by atoms with E-state index < -0.39 is 361 Å². The topological polar surface area (TPSA) is 745 Å². The van der Waals surface area contributed by atoms with Crippen LogP contribution in [0.2, 0.25) is 0 Å². The lowest BCUT2D eigenvalue weighted by Crippen LogP contribution is -2.68. The maximum atomic E-state index is 15.5. The average molecular weight is 2020 g/mol. The van der Waals surface area contributed by atoms with E-state index in [1.54, 1.807) is 0 Å². The molecule has 0 unspecified atom stereocenters. The van der Waals surface area contributed by atoms with Gasteiger partial charge in [-0.15, -0.1) is 0 Å². The van der Waals surface area contributed by atoms with Crippen LogP contribution >= 0.6 is 0 Å². The van der Waals surface area contributed by atoms with Crippen molar-refractivity contribution < 1.29 is 237 Å². The number of aliphatic hydroxyl groups is 25. The number of carbonyl (C=O) groups excluding carboxylic acids is 2. The fourth-order valence-electron chi connectivity index (χ4n) is 24.4. The van der Waals surface area contributed by atoms with Gasteiger partial charge in [-0.2, -0.15) is 0 Å². The number of aromatic hydroxyl groups is 1. The predicted molar refractivity (Wildman–Crippen MR) is 460 cm³/mol. The van der Waals surface area contributed by atoms with E-state index in [0.717, 1.165) is 11.6 Å². The smallest absolute Gasteiger partial charge is 0.331 e. The van der Waals surface area contributed by atoms with E-state index in [4.69, 9.17) is 94.7 Å². The lowest BCUT2D eigenvalue weighted by molar-refractivity contribution is -0.391. The third-order valence-electron chi connectivity index (χ3n) is 33.1. The first kappa shape index (κ1) is 110. The molecule has 52 atom stereocenters. The number of ether oxygens (including phenoxy) is 20. The van der Waals surface area contributed by atoms with Crippen LogP contribution in [0.15, 0.2) is 35.9 Å². The highest BCUT2D eigenvalue weighted by molar-refractivity contribution is 5.87. The van der Waals surface area contributed by atoms with Gasteiger partial charge < -0.3 is 228 Å². The number of allylic oxidation sites excluding steroid dienone is 2. The van der Waals surface area contributed by atoms with E-state index in [9.17, 15) is 138 Å². The summed E-state index contributed by atoms with van der Waals surface area (Å²) in [6.07, 6.45) is -70.1. The Morgan fingerprint density at radius 3 is 1.60 bits per heavy atom. The fraction of sp³-hybridized carbons (Fsp3) is 0.870. The molecule has 0 aromatic heterocycles. The number of phenols is 1. The van der Waals surface area contributed by atoms with Crippen molar-refractivity contribution >= 4 is 18.0 Å². The molecule has 0 spiro atoms. The number of esters is 2. The summed E-state index contributed by atoms with van der Waals surface area (Å²) < 4.78 is 119. The first-order chi connectivity index (χ1) is 66.1. The molecule has 5 aliphatic carbocycles. The van der Waals surface area contributed by atoms with Crippen molar-refractivity contribution in [1.82, 2.24) is 0 Å². The molecule has 13 fully saturated rings. The van der Waals surface area contributed by atoms with Gasteiger partial charge in [-0.25, -0.2) is 4.79 Å². The Morgan fingerprint density at radius 1 is 0.436 bits per heavy atom. The number of aliphatic hydroxyl groups excluding tert-OH is 25. The molecule has 0 amide bonds. The summed E-state index contributed by atoms with van der Waals surface area (Å²) in [5.41, 5.74) is -2.59. The number of phenolic OH excluding ortho intramolecular Hbond substituents is 1. The van der Waals surface area contributed by atoms with Crippen LogP contribution < -0.4 is 4.74 Å². The van der Waals surface area contributed by atoms with Crippen LogP contribution in [0, 0.1) is 50.2 Å². The van der Waals surface area contributed by atoms with Crippen molar-refractivity contribution in [2.75, 3.05) is 60.0 Å². The molecule has 798 valence electrons. The number of rotatable bonds is 28. The third kappa shape index (κ3) is 20.5. The Bertz CT molecular complexity index is 4350. The average Bonchev–Trinajstić information content (AvgIpc) is 0.671. The van der Waals surface area contributed by atoms with E-state index in [0.29, 0.717) is 64.2 Å². The van der Waals surface area contributed by atoms with Crippen molar-refractivity contribution in [3.05, 3.63) is 41.5 Å². The molecule has 9 saturated heterocycles. The number of hydrogen-bond donors (Lipinski definition) is 26. The summed E-state index contributed by atoms with van der Waals surface area (Å²) in [5.74, 6) is -2.80. The van der Waals surface area contributed by atoms with Gasteiger partial charge in [-0.1, -0.05) is 59.3 Å². The molecule has 4 saturated carbocycles. The van der Waals surface area contributed by atoms with Gasteiger partial charge in [0.05, 0.1) is 83.7 Å². The molecule has 14 aliphatic rings. The summed E-state index contributed by atoms with van der Waals surface area (Å²) >= 11 is 0. The Labute approximate surface area is 805 Å². The molecular formula is C92H142O48. The molecular weight excluding hydrogens is 1870 g/mol. The first-order valence-corrected chi connectivity index (χ1v) is 48.0. The second kappa shape index (κ2) is 43.6. The molecule has 0 radical (unpaired) electrons. The van der Waals surface area contributed by atoms with Crippen LogP contribution in [0.4, 0.5) is 0 Å². The zero-order valence-electron chi connectivity index (χ0n) is 78.9. The SMILES string of the molecule is COc1ccc(/C=C/C(=O)O[C@H]2[C@H](O[C@H]3[C@H](O)[C@@H](O)[C@H](O[C@@H]4CO[C@@H](O[C@@H]5[C@@H](O)[C@H](C)O[C@@H](O[C@H]6[C@H](O[C@H]7CC[C@@]8(C)[C@@H](CC[C@]9(C)[C@@H]8CC=C8[C@@H]%10CC(C)(C)CC[C@]%10(C(=O)O[C@@H]%10O[C@H](CO[C@@H]%11O[C@H](CO)[C@@H](O[C@@H]%12O[C@@H](C)[C@H](O)[C@@H](O)[C@H]%12O)[C@H](O)[C@H]%11O)[C@@H](O)[C@H](O)[C@H]%10O)CC[C@]89C)[C@]7(C)CO)OC[C@@H](O)[C@@H]6O)[C@@H]5O)[C@H](O)[C@@H]4O)O[C@@H]3CO)O[C@H](CO)[C@@H](O)[C@@H]2O[C@@H]2O[C@H](CO)[C@@H](O)[C@H](O)[C@H]2O)cc1O. The Kier molecular flexibility index (Phi) is 34.2. The molecule has 1 aromatic rings. The van der Waals surface area contributed by atoms with Crippen LogP contribution in [0.5, 0.6) is 11.5 Å². The third-order valence-corrected chi connectivity index (χ3v) is 33.1. The van der Waals surface area contributed by atoms with Crippen LogP contribution in [0.25, 0.3) is 6.08 Å². The first-order valence-electron chi connectivity index (χ1n) is 48.0. The minimum absolute atomic E-state index is 0.0192. The Morgan fingerprint density at radius 2 is 0.957 bits per heavy atom. The monoisotopic (exact) mass is 2010 g/mol. The van der Waals surface area contributed by atoms with Crippen LogP contribution in [-0.2, 0) is 99.6 Å². The van der Waals surface area contributed by atoms with Gasteiger partial charge in [0.25, 0.3) is 0 Å². The summed E-state index contributed by atoms with van der Waals surface area (Å²) in [6.45, 7) is 9.63. The molecule has 9 heterocycles. The molecule has 26 N–H and O–H groups in total. The number of benzene rings is 1. The summed E-state index contributed by atoms with van der Waals surface area (Å²) in [5, 5.41) is 290. The van der Waals surface area contributed by atoms with Crippen molar-refractivity contribution in [3.8, 4) is 11.5 Å². The normalized spacial score (nSPS) is 51.0. The highest BCUT2D eigenvalue weighted by atomic mass is 16.8. The van der Waals surface area contributed by atoms with Crippen LogP contribution in [0.1, 0.15) is 125 Å². The zero-order valence-corrected chi connectivity index (χ0v) is 78.9. The second-order valence-electron chi connectivity index (χ2n) is 41.9. The minimum Gasteiger partial charge on any atom is -0.504 e. The largest absolute Gasteiger partial charge is 0.504 e. The van der Waals surface area contributed by atoms with E-state index in [-0.39, 0.29) is 40.9 Å². The molecule has 1 aromatic carbocycles. The number of carbonyl (C=O) groups is 2. The maximum absolute atomic E-state index is 15.5. The van der Waals surface area contributed by atoms with Gasteiger partial charge in [-0.05, 0) is 141 Å². The van der Waals surface area contributed by atoms with E-state index >= 15 is 4.79 Å². The van der Waals surface area contributed by atoms with Crippen molar-refractivity contribution in [2.24, 2.45) is 50.2 Å². The number of hydrogen-bond acceptors (Lipinski definition) is 48.